The van der Waals surface area contributed by atoms with E-state index in [9.17, 15) is 18.9 Å². The van der Waals surface area contributed by atoms with Crippen molar-refractivity contribution in [3.63, 3.8) is 0 Å². The number of ether oxygens (including phenoxy) is 4. The van der Waals surface area contributed by atoms with Crippen LogP contribution < -0.4 is 24.3 Å². The topological polar surface area (TPSA) is 136 Å². The third kappa shape index (κ3) is 8.16. The predicted molar refractivity (Wildman–Crippen MR) is 192 cm³/mol. The zero-order valence-corrected chi connectivity index (χ0v) is 30.3. The number of nitrogens with one attached hydrogen (secondary N) is 1. The molecule has 0 radical (unpaired) electrons. The van der Waals surface area contributed by atoms with Gasteiger partial charge in [-0.3, -0.25) is 14.5 Å². The SMILES string of the molecule is BOC(=O)C1=C(C[N+]2(CCNC(=O)c3cc(F)c(OCc4ccc(OC)cc4)c(OCc4ccc(OC)cc4)c3)CCCC2)C[S+]([O-])[C@@H]2CC(=O)N12. The van der Waals surface area contributed by atoms with Gasteiger partial charge in [-0.1, -0.05) is 24.3 Å². The van der Waals surface area contributed by atoms with Crippen molar-refractivity contribution in [1.82, 2.24) is 10.2 Å². The van der Waals surface area contributed by atoms with Crippen LogP contribution in [0, 0.1) is 5.82 Å². The maximum Gasteiger partial charge on any atom is 0.337 e. The Morgan fingerprint density at radius 3 is 2.17 bits per heavy atom. The Bertz CT molecular complexity index is 1820. The first-order valence-electron chi connectivity index (χ1n) is 17.1. The fraction of sp³-hybridized carbons (Fsp3) is 0.378. The Hall–Kier alpha value is -4.73. The second-order valence-corrected chi connectivity index (χ2v) is 14.7. The molecule has 3 aromatic rings. The van der Waals surface area contributed by atoms with Gasteiger partial charge >= 0.3 is 14.0 Å². The summed E-state index contributed by atoms with van der Waals surface area (Å²) in [6.07, 6.45) is 2.04. The molecule has 3 aliphatic rings. The molecule has 52 heavy (non-hydrogen) atoms. The van der Waals surface area contributed by atoms with Crippen molar-refractivity contribution in [2.75, 3.05) is 52.7 Å². The zero-order chi connectivity index (χ0) is 36.8. The molecule has 3 aromatic carbocycles. The number of methoxy groups -OCH3 is 2. The minimum Gasteiger partial charge on any atom is -0.614 e. The van der Waals surface area contributed by atoms with E-state index in [0.717, 1.165) is 43.1 Å². The van der Waals surface area contributed by atoms with Crippen LogP contribution in [-0.2, 0) is 38.6 Å². The van der Waals surface area contributed by atoms with Crippen LogP contribution in [-0.4, -0.2) is 97.8 Å². The first-order valence-corrected chi connectivity index (χ1v) is 18.5. The summed E-state index contributed by atoms with van der Waals surface area (Å²) in [5, 5.41) is 2.43. The summed E-state index contributed by atoms with van der Waals surface area (Å²) >= 11 is -1.32. The van der Waals surface area contributed by atoms with Crippen molar-refractivity contribution in [2.45, 2.75) is 37.9 Å². The molecule has 1 unspecified atom stereocenters. The van der Waals surface area contributed by atoms with Crippen LogP contribution in [0.25, 0.3) is 0 Å². The van der Waals surface area contributed by atoms with Crippen LogP contribution in [0.5, 0.6) is 23.0 Å². The molecule has 2 atom stereocenters. The van der Waals surface area contributed by atoms with Crippen molar-refractivity contribution in [2.24, 2.45) is 0 Å². The smallest absolute Gasteiger partial charge is 0.337 e. The molecule has 0 bridgehead atoms. The number of likely N-dealkylation sites (tertiary alicyclic amines) is 1. The van der Waals surface area contributed by atoms with Gasteiger partial charge in [-0.25, -0.2) is 9.18 Å². The number of rotatable bonds is 15. The second kappa shape index (κ2) is 16.3. The van der Waals surface area contributed by atoms with Gasteiger partial charge in [0.25, 0.3) is 5.91 Å². The van der Waals surface area contributed by atoms with Crippen LogP contribution >= 0.6 is 0 Å². The van der Waals surface area contributed by atoms with Crippen molar-refractivity contribution >= 4 is 37.0 Å². The second-order valence-electron chi connectivity index (χ2n) is 13.1. The third-order valence-electron chi connectivity index (χ3n) is 9.76. The maximum atomic E-state index is 15.7. The molecule has 1 N–H and O–H groups in total. The Balaban J connectivity index is 1.17. The number of amides is 2. The lowest BCUT2D eigenvalue weighted by atomic mass is 10.1. The molecule has 6 rings (SSSR count). The predicted octanol–water partition coefficient (Wildman–Crippen LogP) is 3.01. The molecular formula is C37H42BFN3O9S+. The minimum atomic E-state index is -1.32. The summed E-state index contributed by atoms with van der Waals surface area (Å²) in [5.41, 5.74) is 2.48. The molecule has 0 saturated carbocycles. The van der Waals surface area contributed by atoms with E-state index < -0.39 is 34.2 Å². The van der Waals surface area contributed by atoms with E-state index in [4.69, 9.17) is 23.6 Å². The van der Waals surface area contributed by atoms with Crippen molar-refractivity contribution in [1.29, 1.82) is 0 Å². The minimum absolute atomic E-state index is 0.0552. The van der Waals surface area contributed by atoms with Gasteiger partial charge in [-0.15, -0.1) is 0 Å². The van der Waals surface area contributed by atoms with Gasteiger partial charge in [-0.05, 0) is 58.7 Å². The van der Waals surface area contributed by atoms with E-state index in [2.05, 4.69) is 5.32 Å². The summed E-state index contributed by atoms with van der Waals surface area (Å²) in [5.74, 6) is -0.586. The van der Waals surface area contributed by atoms with Crippen molar-refractivity contribution < 1.29 is 51.4 Å². The molecule has 274 valence electrons. The number of quaternary nitrogens is 1. The number of halogens is 1. The zero-order valence-electron chi connectivity index (χ0n) is 29.5. The molecule has 15 heteroatoms. The lowest BCUT2D eigenvalue weighted by molar-refractivity contribution is -0.911. The van der Waals surface area contributed by atoms with Crippen LogP contribution in [0.4, 0.5) is 4.39 Å². The van der Waals surface area contributed by atoms with Crippen LogP contribution in [0.1, 0.15) is 40.7 Å². The Morgan fingerprint density at radius 2 is 1.60 bits per heavy atom. The number of carbonyl (C=O) groups is 3. The van der Waals surface area contributed by atoms with Gasteiger partial charge in [0.05, 0.1) is 52.4 Å². The van der Waals surface area contributed by atoms with E-state index in [1.165, 1.54) is 19.0 Å². The third-order valence-corrected chi connectivity index (χ3v) is 11.4. The number of fused-ring (bicyclic) bond motifs is 1. The number of hydrogen-bond acceptors (Lipinski definition) is 9. The monoisotopic (exact) mass is 734 g/mol. The highest BCUT2D eigenvalue weighted by molar-refractivity contribution is 7.92. The van der Waals surface area contributed by atoms with E-state index in [1.54, 1.807) is 38.5 Å². The molecule has 3 heterocycles. The molecule has 12 nitrogen and oxygen atoms in total. The highest BCUT2D eigenvalue weighted by Crippen LogP contribution is 2.38. The first kappa shape index (κ1) is 37.0. The van der Waals surface area contributed by atoms with Gasteiger partial charge in [0.1, 0.15) is 42.7 Å². The van der Waals surface area contributed by atoms with Gasteiger partial charge in [-0.2, -0.15) is 0 Å². The average Bonchev–Trinajstić information content (AvgIpc) is 3.61. The summed E-state index contributed by atoms with van der Waals surface area (Å²) in [7, 11) is 4.42. The number of hydrogen-bond donors (Lipinski definition) is 1. The van der Waals surface area contributed by atoms with E-state index in [0.29, 0.717) is 34.6 Å². The van der Waals surface area contributed by atoms with Gasteiger partial charge in [0.15, 0.2) is 17.3 Å². The molecule has 0 aromatic heterocycles. The standard InChI is InChI=1S/C37H41BFN3O9S/c1-47-28-9-5-24(6-10-28)21-49-31-18-26(17-30(39)35(31)50-22-25-7-11-29(48-2)12-8-25)36(44)40-13-16-42(14-3-4-15-42)20-27-23-52(46)33-19-32(43)41(33)34(27)37(45)51-38/h5-12,17-18,33H,3-4,13-16,19-23,38H2,1-2H3/p+1/t33-,52?/m1/s1. The summed E-state index contributed by atoms with van der Waals surface area (Å²) < 4.78 is 56.7. The van der Waals surface area contributed by atoms with Crippen molar-refractivity contribution in [3.8, 4) is 23.0 Å². The largest absolute Gasteiger partial charge is 0.614 e. The van der Waals surface area contributed by atoms with E-state index >= 15 is 4.39 Å². The fourth-order valence-corrected chi connectivity index (χ4v) is 8.47. The molecule has 2 amide bonds. The summed E-state index contributed by atoms with van der Waals surface area (Å²) in [6.45, 7) is 2.89. The van der Waals surface area contributed by atoms with Gasteiger partial charge < -0.3 is 38.0 Å². The highest BCUT2D eigenvalue weighted by atomic mass is 32.2. The highest BCUT2D eigenvalue weighted by Gasteiger charge is 2.54. The Labute approximate surface area is 306 Å². The number of nitrogens with zero attached hydrogens (tertiary/aromatic N) is 2. The normalized spacial score (nSPS) is 19.0. The van der Waals surface area contributed by atoms with Gasteiger partial charge in [0.2, 0.25) is 11.3 Å². The quantitative estimate of drug-likeness (QED) is 0.108. The lowest BCUT2D eigenvalue weighted by Crippen LogP contribution is -2.62. The maximum absolute atomic E-state index is 15.7. The Morgan fingerprint density at radius 1 is 0.981 bits per heavy atom. The Kier molecular flexibility index (Phi) is 11.6. The van der Waals surface area contributed by atoms with Crippen molar-refractivity contribution in [3.05, 3.63) is 94.4 Å². The van der Waals surface area contributed by atoms with Crippen LogP contribution in [0.2, 0.25) is 0 Å². The molecule has 2 saturated heterocycles. The fourth-order valence-electron chi connectivity index (χ4n) is 6.92. The summed E-state index contributed by atoms with van der Waals surface area (Å²) in [6, 6.07) is 17.0. The first-order chi connectivity index (χ1) is 25.1. The molecular weight excluding hydrogens is 692 g/mol. The van der Waals surface area contributed by atoms with Crippen LogP contribution in [0.3, 0.4) is 0 Å². The lowest BCUT2D eigenvalue weighted by Gasteiger charge is -2.45. The number of carbonyl (C=O) groups excluding carboxylic acids is 3. The summed E-state index contributed by atoms with van der Waals surface area (Å²) in [4.78, 5) is 40.1. The average molecular weight is 735 g/mol. The number of β-lactam (4-membered cyclic amide) rings is 1. The molecule has 0 spiro atoms. The van der Waals surface area contributed by atoms with E-state index in [-0.39, 0.29) is 60.6 Å². The molecule has 2 fully saturated rings. The molecule has 3 aliphatic heterocycles. The van der Waals surface area contributed by atoms with Crippen LogP contribution in [0.15, 0.2) is 71.9 Å². The van der Waals surface area contributed by atoms with E-state index in [1.807, 2.05) is 24.3 Å². The number of benzene rings is 3. The van der Waals surface area contributed by atoms with Gasteiger partial charge in [0, 0.05) is 18.4 Å². The molecule has 0 aliphatic carbocycles.